The van der Waals surface area contributed by atoms with Crippen molar-refractivity contribution in [1.29, 1.82) is 0 Å². The highest BCUT2D eigenvalue weighted by atomic mass is 16.4. The molecule has 0 fully saturated rings. The Bertz CT molecular complexity index is 1300. The molecule has 0 saturated carbocycles. The molecule has 0 bridgehead atoms. The Morgan fingerprint density at radius 3 is 1.74 bits per heavy atom. The van der Waals surface area contributed by atoms with Gasteiger partial charge in [0.05, 0.1) is 0 Å². The summed E-state index contributed by atoms with van der Waals surface area (Å²) in [7, 11) is 1.75. The van der Waals surface area contributed by atoms with Gasteiger partial charge in [-0.3, -0.25) is 24.2 Å². The molecule has 300 valence electrons. The fraction of sp³-hybridized carbons (Fsp3) is 0.688. The first-order valence-corrected chi connectivity index (χ1v) is 17.5. The van der Waals surface area contributed by atoms with Crippen LogP contribution >= 0.6 is 0 Å². The van der Waals surface area contributed by atoms with Crippen LogP contribution in [0.5, 0.6) is 0 Å². The van der Waals surface area contributed by atoms with Gasteiger partial charge in [0.2, 0.25) is 11.8 Å². The summed E-state index contributed by atoms with van der Waals surface area (Å²) in [5.74, 6) is -6.85. The largest absolute Gasteiger partial charge is 0.481 e. The first-order valence-electron chi connectivity index (χ1n) is 17.5. The molecule has 4 amide bonds. The average Bonchev–Trinajstić information content (AvgIpc) is 3.42. The van der Waals surface area contributed by atoms with Gasteiger partial charge in [0.15, 0.2) is 0 Å². The number of carboxylic acids is 5. The minimum absolute atomic E-state index is 0.00827. The number of nitrogens with two attached hydrogens (primary N) is 1. The normalized spacial score (nSPS) is 14.8. The standard InChI is InChI=1S/C32H54N8O13/c1-39-38-20(18-21(33)28(45)46)19-40(39)17-9-7-11-22(29(47)48)35-26(42)13-5-3-2-4-12-25(41)34-16-8-6-10-23(30(49)50)36-32(53)37-24(31(51)52)14-15-27(43)44/h19,21-24,38H,2-18,33H2,1H3,(H,34,41)(H,35,42)(H,43,44)(H,45,46)(H,47,48)(H,49,50)(H,51,52)(H2,36,37,53). The molecule has 1 rings (SSSR count). The van der Waals surface area contributed by atoms with Crippen molar-refractivity contribution in [2.75, 3.05) is 20.1 Å². The van der Waals surface area contributed by atoms with E-state index in [-0.39, 0.29) is 56.9 Å². The van der Waals surface area contributed by atoms with Crippen LogP contribution in [0.3, 0.4) is 0 Å². The Balaban J connectivity index is 2.21. The lowest BCUT2D eigenvalue weighted by Crippen LogP contribution is -2.51. The number of urea groups is 1. The van der Waals surface area contributed by atoms with E-state index in [1.54, 1.807) is 18.4 Å². The molecule has 0 aromatic carbocycles. The predicted molar refractivity (Wildman–Crippen MR) is 185 cm³/mol. The number of carbonyl (C=O) groups is 8. The van der Waals surface area contributed by atoms with Crippen molar-refractivity contribution in [3.05, 3.63) is 11.9 Å². The zero-order valence-corrected chi connectivity index (χ0v) is 29.9. The zero-order chi connectivity index (χ0) is 39.9. The molecule has 0 aliphatic carbocycles. The number of nitrogens with one attached hydrogen (secondary N) is 5. The molecule has 0 radical (unpaired) electrons. The van der Waals surface area contributed by atoms with Crippen molar-refractivity contribution in [3.8, 4) is 0 Å². The van der Waals surface area contributed by atoms with E-state index in [1.807, 2.05) is 5.01 Å². The quantitative estimate of drug-likeness (QED) is 0.0437. The van der Waals surface area contributed by atoms with Gasteiger partial charge < -0.3 is 58.0 Å². The summed E-state index contributed by atoms with van der Waals surface area (Å²) in [5.41, 5.74) is 9.24. The number of nitrogens with zero attached hydrogens (tertiary/aromatic N) is 2. The van der Waals surface area contributed by atoms with E-state index in [2.05, 4.69) is 26.7 Å². The molecule has 4 unspecified atom stereocenters. The number of hydrogen-bond donors (Lipinski definition) is 11. The van der Waals surface area contributed by atoms with Gasteiger partial charge in [0, 0.05) is 57.7 Å². The lowest BCUT2D eigenvalue weighted by Gasteiger charge is -2.25. The number of amides is 4. The molecular weight excluding hydrogens is 704 g/mol. The van der Waals surface area contributed by atoms with Gasteiger partial charge in [-0.2, -0.15) is 0 Å². The molecule has 21 heteroatoms. The van der Waals surface area contributed by atoms with E-state index in [9.17, 15) is 48.6 Å². The topological polar surface area (TPSA) is 330 Å². The van der Waals surface area contributed by atoms with Gasteiger partial charge >= 0.3 is 35.9 Å². The molecule has 1 heterocycles. The van der Waals surface area contributed by atoms with Crippen molar-refractivity contribution < 1.29 is 63.9 Å². The summed E-state index contributed by atoms with van der Waals surface area (Å²) < 4.78 is 0. The summed E-state index contributed by atoms with van der Waals surface area (Å²) in [6.45, 7) is 0.812. The van der Waals surface area contributed by atoms with E-state index in [0.29, 0.717) is 63.6 Å². The van der Waals surface area contributed by atoms with E-state index < -0.39 is 66.5 Å². The van der Waals surface area contributed by atoms with Crippen molar-refractivity contribution in [1.82, 2.24) is 36.8 Å². The van der Waals surface area contributed by atoms with Crippen molar-refractivity contribution >= 4 is 47.7 Å². The van der Waals surface area contributed by atoms with Gasteiger partial charge in [-0.1, -0.05) is 12.8 Å². The molecular formula is C32H54N8O13. The Labute approximate surface area is 306 Å². The van der Waals surface area contributed by atoms with Crippen LogP contribution in [0.1, 0.15) is 96.3 Å². The second-order valence-electron chi connectivity index (χ2n) is 12.6. The molecule has 53 heavy (non-hydrogen) atoms. The zero-order valence-electron chi connectivity index (χ0n) is 29.9. The predicted octanol–water partition coefficient (Wildman–Crippen LogP) is -0.266. The number of rotatable bonds is 29. The van der Waals surface area contributed by atoms with Crippen LogP contribution in [0.4, 0.5) is 4.79 Å². The fourth-order valence-electron chi connectivity index (χ4n) is 5.21. The first kappa shape index (κ1) is 45.8. The molecule has 0 aromatic heterocycles. The van der Waals surface area contributed by atoms with Crippen LogP contribution in [0.25, 0.3) is 0 Å². The lowest BCUT2D eigenvalue weighted by atomic mass is 10.1. The highest BCUT2D eigenvalue weighted by molar-refractivity contribution is 5.86. The molecule has 1 aliphatic rings. The Kier molecular flexibility index (Phi) is 21.5. The maximum atomic E-state index is 12.4. The van der Waals surface area contributed by atoms with Gasteiger partial charge in [0.1, 0.15) is 24.2 Å². The second kappa shape index (κ2) is 24.9. The molecule has 12 N–H and O–H groups in total. The minimum atomic E-state index is -1.50. The SMILES string of the molecule is CN1NC(CC(N)C(=O)O)=CN1CCCCC(NC(=O)CCCCCCC(=O)NCCCCC(NC(=O)NC(CCC(=O)O)C(=O)O)C(=O)O)C(=O)O. The van der Waals surface area contributed by atoms with Crippen molar-refractivity contribution in [2.24, 2.45) is 5.73 Å². The summed E-state index contributed by atoms with van der Waals surface area (Å²) in [5, 5.41) is 58.7. The van der Waals surface area contributed by atoms with E-state index in [4.69, 9.17) is 21.1 Å². The van der Waals surface area contributed by atoms with Crippen LogP contribution in [-0.4, -0.2) is 128 Å². The molecule has 4 atom stereocenters. The number of aliphatic carboxylic acids is 5. The Hall–Kier alpha value is -5.18. The van der Waals surface area contributed by atoms with Crippen LogP contribution < -0.4 is 32.4 Å². The summed E-state index contributed by atoms with van der Waals surface area (Å²) in [4.78, 5) is 92.6. The van der Waals surface area contributed by atoms with Gasteiger partial charge in [-0.15, -0.1) is 5.12 Å². The number of carboxylic acid groups (broad SMARTS) is 5. The van der Waals surface area contributed by atoms with E-state index in [0.717, 1.165) is 0 Å². The first-order chi connectivity index (χ1) is 25.0. The Morgan fingerprint density at radius 2 is 1.19 bits per heavy atom. The fourth-order valence-corrected chi connectivity index (χ4v) is 5.21. The lowest BCUT2D eigenvalue weighted by molar-refractivity contribution is -0.142. The van der Waals surface area contributed by atoms with Gasteiger partial charge in [0.25, 0.3) is 0 Å². The van der Waals surface area contributed by atoms with Gasteiger partial charge in [-0.25, -0.2) is 19.2 Å². The third-order valence-electron chi connectivity index (χ3n) is 8.17. The molecule has 1 aliphatic heterocycles. The van der Waals surface area contributed by atoms with Crippen LogP contribution in [0, 0.1) is 0 Å². The number of hydrazine groups is 2. The molecule has 0 aromatic rings. The highest BCUT2D eigenvalue weighted by Crippen LogP contribution is 2.14. The second-order valence-corrected chi connectivity index (χ2v) is 12.6. The van der Waals surface area contributed by atoms with Crippen molar-refractivity contribution in [2.45, 2.75) is 120 Å². The molecule has 0 saturated heterocycles. The summed E-state index contributed by atoms with van der Waals surface area (Å²) >= 11 is 0. The minimum Gasteiger partial charge on any atom is -0.481 e. The smallest absolute Gasteiger partial charge is 0.326 e. The summed E-state index contributed by atoms with van der Waals surface area (Å²) in [6, 6.07) is -5.95. The Morgan fingerprint density at radius 1 is 0.660 bits per heavy atom. The van der Waals surface area contributed by atoms with Crippen molar-refractivity contribution in [3.63, 3.8) is 0 Å². The van der Waals surface area contributed by atoms with Crippen LogP contribution in [-0.2, 0) is 33.6 Å². The maximum absolute atomic E-state index is 12.4. The summed E-state index contributed by atoms with van der Waals surface area (Å²) in [6.07, 6.45) is 5.94. The number of hydrogen-bond acceptors (Lipinski definition) is 12. The van der Waals surface area contributed by atoms with Gasteiger partial charge in [-0.05, 0) is 57.8 Å². The van der Waals surface area contributed by atoms with Crippen LogP contribution in [0.15, 0.2) is 11.9 Å². The number of carbonyl (C=O) groups excluding carboxylic acids is 3. The third kappa shape index (κ3) is 20.4. The maximum Gasteiger partial charge on any atom is 0.326 e. The molecule has 0 spiro atoms. The average molecular weight is 759 g/mol. The third-order valence-corrected chi connectivity index (χ3v) is 8.17. The molecule has 21 nitrogen and oxygen atoms in total. The monoisotopic (exact) mass is 758 g/mol. The van der Waals surface area contributed by atoms with Crippen LogP contribution in [0.2, 0.25) is 0 Å². The number of unbranched alkanes of at least 4 members (excludes halogenated alkanes) is 5. The van der Waals surface area contributed by atoms with E-state index >= 15 is 0 Å². The van der Waals surface area contributed by atoms with E-state index in [1.165, 1.54) is 0 Å². The highest BCUT2D eigenvalue weighted by Gasteiger charge is 2.25.